The van der Waals surface area contributed by atoms with Crippen LogP contribution in [-0.4, -0.2) is 35.6 Å². The third-order valence-corrected chi connectivity index (χ3v) is 3.28. The smallest absolute Gasteiger partial charge is 0.254 e. The van der Waals surface area contributed by atoms with Crippen LogP contribution in [0.4, 0.5) is 8.78 Å². The largest absolute Gasteiger partial charge is 0.395 e. The molecule has 22 heavy (non-hydrogen) atoms. The average Bonchev–Trinajstić information content (AvgIpc) is 2.51. The topological polar surface area (TPSA) is 40.5 Å². The summed E-state index contributed by atoms with van der Waals surface area (Å²) in [5.41, 5.74) is 0.989. The maximum atomic E-state index is 13.2. The molecule has 1 N–H and O–H groups in total. The highest BCUT2D eigenvalue weighted by Gasteiger charge is 2.17. The predicted molar refractivity (Wildman–Crippen MR) is 79.5 cm³/mol. The van der Waals surface area contributed by atoms with Gasteiger partial charge in [-0.25, -0.2) is 8.78 Å². The van der Waals surface area contributed by atoms with Crippen LogP contribution in [0.3, 0.4) is 0 Å². The minimum atomic E-state index is -0.796. The molecule has 0 heterocycles. The number of hydrogen-bond acceptors (Lipinski definition) is 2. The molecule has 0 aliphatic heterocycles. The van der Waals surface area contributed by atoms with Crippen molar-refractivity contribution in [3.05, 3.63) is 71.3 Å². The van der Waals surface area contributed by atoms with Crippen molar-refractivity contribution in [2.24, 2.45) is 0 Å². The van der Waals surface area contributed by atoms with Gasteiger partial charge < -0.3 is 10.0 Å². The molecule has 0 spiro atoms. The average molecular weight is 305 g/mol. The van der Waals surface area contributed by atoms with Crippen LogP contribution < -0.4 is 0 Å². The minimum Gasteiger partial charge on any atom is -0.395 e. The summed E-state index contributed by atoms with van der Waals surface area (Å²) in [6.45, 7) is 0.268. The first-order valence-electron chi connectivity index (χ1n) is 7.00. The van der Waals surface area contributed by atoms with Gasteiger partial charge in [0.1, 0.15) is 11.6 Å². The fourth-order valence-corrected chi connectivity index (χ4v) is 2.20. The Bertz CT molecular complexity index is 612. The van der Waals surface area contributed by atoms with E-state index in [9.17, 15) is 13.6 Å². The van der Waals surface area contributed by atoms with Gasteiger partial charge in [0.05, 0.1) is 6.61 Å². The van der Waals surface area contributed by atoms with Crippen LogP contribution in [0.2, 0.25) is 0 Å². The second-order valence-corrected chi connectivity index (χ2v) is 4.91. The molecule has 2 aromatic carbocycles. The molecule has 0 aliphatic carbocycles. The molecule has 0 radical (unpaired) electrons. The summed E-state index contributed by atoms with van der Waals surface area (Å²) in [5, 5.41) is 9.10. The summed E-state index contributed by atoms with van der Waals surface area (Å²) in [6, 6.07) is 12.3. The van der Waals surface area contributed by atoms with Gasteiger partial charge in [0.15, 0.2) is 0 Å². The molecule has 0 atom stereocenters. The lowest BCUT2D eigenvalue weighted by atomic mass is 10.1. The van der Waals surface area contributed by atoms with E-state index in [4.69, 9.17) is 5.11 Å². The van der Waals surface area contributed by atoms with E-state index in [2.05, 4.69) is 0 Å². The maximum absolute atomic E-state index is 13.2. The van der Waals surface area contributed by atoms with Gasteiger partial charge in [-0.1, -0.05) is 30.3 Å². The van der Waals surface area contributed by atoms with Gasteiger partial charge >= 0.3 is 0 Å². The summed E-state index contributed by atoms with van der Waals surface area (Å²) >= 11 is 0. The van der Waals surface area contributed by atoms with Crippen LogP contribution in [0.1, 0.15) is 15.9 Å². The second kappa shape index (κ2) is 7.66. The van der Waals surface area contributed by atoms with Gasteiger partial charge in [-0.3, -0.25) is 4.79 Å². The van der Waals surface area contributed by atoms with E-state index in [-0.39, 0.29) is 18.7 Å². The summed E-state index contributed by atoms with van der Waals surface area (Å²) in [5.74, 6) is -2.09. The van der Waals surface area contributed by atoms with E-state index in [1.54, 1.807) is 0 Å². The SMILES string of the molecule is O=C(c1cc(F)cc(F)c1)N(CCO)CCc1ccccc1. The molecule has 0 unspecified atom stereocenters. The molecule has 116 valence electrons. The van der Waals surface area contributed by atoms with Crippen molar-refractivity contribution in [3.63, 3.8) is 0 Å². The van der Waals surface area contributed by atoms with E-state index in [1.807, 2.05) is 30.3 Å². The molecule has 2 rings (SSSR count). The van der Waals surface area contributed by atoms with Gasteiger partial charge in [0.25, 0.3) is 5.91 Å². The van der Waals surface area contributed by atoms with Gasteiger partial charge in [-0.2, -0.15) is 0 Å². The van der Waals surface area contributed by atoms with E-state index in [0.29, 0.717) is 13.0 Å². The van der Waals surface area contributed by atoms with Crippen molar-refractivity contribution < 1.29 is 18.7 Å². The van der Waals surface area contributed by atoms with Crippen molar-refractivity contribution in [1.29, 1.82) is 0 Å². The molecule has 0 aliphatic rings. The summed E-state index contributed by atoms with van der Waals surface area (Å²) in [7, 11) is 0. The van der Waals surface area contributed by atoms with Crippen molar-refractivity contribution >= 4 is 5.91 Å². The number of amides is 1. The zero-order valence-corrected chi connectivity index (χ0v) is 12.0. The predicted octanol–water partition coefficient (Wildman–Crippen LogP) is 2.64. The number of aliphatic hydroxyl groups excluding tert-OH is 1. The Labute approximate surface area is 127 Å². The molecule has 2 aromatic rings. The summed E-state index contributed by atoms with van der Waals surface area (Å²) in [4.78, 5) is 13.7. The normalized spacial score (nSPS) is 10.5. The quantitative estimate of drug-likeness (QED) is 0.891. The monoisotopic (exact) mass is 305 g/mol. The number of carbonyl (C=O) groups is 1. The zero-order chi connectivity index (χ0) is 15.9. The number of aliphatic hydroxyl groups is 1. The molecule has 1 amide bonds. The minimum absolute atomic E-state index is 0.0565. The van der Waals surface area contributed by atoms with Crippen LogP contribution in [0.5, 0.6) is 0 Å². The lowest BCUT2D eigenvalue weighted by Gasteiger charge is -2.22. The maximum Gasteiger partial charge on any atom is 0.254 e. The fraction of sp³-hybridized carbons (Fsp3) is 0.235. The van der Waals surface area contributed by atoms with Crippen LogP contribution in [0, 0.1) is 11.6 Å². The molecule has 0 aromatic heterocycles. The Kier molecular flexibility index (Phi) is 5.61. The number of halogens is 2. The highest BCUT2D eigenvalue weighted by atomic mass is 19.1. The third-order valence-electron chi connectivity index (χ3n) is 3.28. The number of carbonyl (C=O) groups excluding carboxylic acids is 1. The van der Waals surface area contributed by atoms with Crippen molar-refractivity contribution in [2.75, 3.05) is 19.7 Å². The Morgan fingerprint density at radius 3 is 2.23 bits per heavy atom. The first-order valence-corrected chi connectivity index (χ1v) is 7.00. The fourth-order valence-electron chi connectivity index (χ4n) is 2.20. The molecule has 0 saturated carbocycles. The lowest BCUT2D eigenvalue weighted by molar-refractivity contribution is 0.0723. The van der Waals surface area contributed by atoms with Crippen LogP contribution in [-0.2, 0) is 6.42 Å². The number of nitrogens with zero attached hydrogens (tertiary/aromatic N) is 1. The van der Waals surface area contributed by atoms with Gasteiger partial charge in [-0.05, 0) is 24.1 Å². The van der Waals surface area contributed by atoms with Crippen molar-refractivity contribution in [3.8, 4) is 0 Å². The first kappa shape index (κ1) is 16.1. The van der Waals surface area contributed by atoms with E-state index in [1.165, 1.54) is 4.90 Å². The number of benzene rings is 2. The second-order valence-electron chi connectivity index (χ2n) is 4.91. The van der Waals surface area contributed by atoms with Crippen molar-refractivity contribution in [1.82, 2.24) is 4.90 Å². The molecule has 0 saturated heterocycles. The van der Waals surface area contributed by atoms with E-state index < -0.39 is 17.5 Å². The number of hydrogen-bond donors (Lipinski definition) is 1. The van der Waals surface area contributed by atoms with Crippen LogP contribution in [0.15, 0.2) is 48.5 Å². The van der Waals surface area contributed by atoms with Crippen molar-refractivity contribution in [2.45, 2.75) is 6.42 Å². The Hall–Kier alpha value is -2.27. The summed E-state index contributed by atoms with van der Waals surface area (Å²) in [6.07, 6.45) is 0.602. The highest BCUT2D eigenvalue weighted by Crippen LogP contribution is 2.11. The van der Waals surface area contributed by atoms with Crippen LogP contribution >= 0.6 is 0 Å². The number of rotatable bonds is 6. The highest BCUT2D eigenvalue weighted by molar-refractivity contribution is 5.94. The Morgan fingerprint density at radius 2 is 1.64 bits per heavy atom. The molecular formula is C17H17F2NO2. The summed E-state index contributed by atoms with van der Waals surface area (Å²) < 4.78 is 26.5. The molecule has 5 heteroatoms. The lowest BCUT2D eigenvalue weighted by Crippen LogP contribution is -2.35. The van der Waals surface area contributed by atoms with Gasteiger partial charge in [0.2, 0.25) is 0 Å². The Morgan fingerprint density at radius 1 is 1.00 bits per heavy atom. The van der Waals surface area contributed by atoms with E-state index >= 15 is 0 Å². The third kappa shape index (κ3) is 4.36. The molecule has 0 fully saturated rings. The first-order chi connectivity index (χ1) is 10.6. The molecular weight excluding hydrogens is 288 g/mol. The van der Waals surface area contributed by atoms with Gasteiger partial charge in [0, 0.05) is 24.7 Å². The van der Waals surface area contributed by atoms with Gasteiger partial charge in [-0.15, -0.1) is 0 Å². The Balaban J connectivity index is 2.10. The van der Waals surface area contributed by atoms with Crippen LogP contribution in [0.25, 0.3) is 0 Å². The zero-order valence-electron chi connectivity index (χ0n) is 12.0. The molecule has 3 nitrogen and oxygen atoms in total. The van der Waals surface area contributed by atoms with E-state index in [0.717, 1.165) is 23.8 Å². The standard InChI is InChI=1S/C17H17F2NO2/c18-15-10-14(11-16(19)12-15)17(22)20(8-9-21)7-6-13-4-2-1-3-5-13/h1-5,10-12,21H,6-9H2. The molecule has 0 bridgehead atoms.